The number of likely N-dealkylation sites (tertiary alicyclic amines) is 1. The summed E-state index contributed by atoms with van der Waals surface area (Å²) in [7, 11) is 0. The smallest absolute Gasteiger partial charge is 0.154 e. The van der Waals surface area contributed by atoms with Crippen LogP contribution in [0.5, 0.6) is 0 Å². The first-order valence-corrected chi connectivity index (χ1v) is 11.9. The molecule has 2 aromatic carbocycles. The molecule has 0 aliphatic carbocycles. The lowest BCUT2D eigenvalue weighted by Crippen LogP contribution is -2.53. The fourth-order valence-corrected chi connectivity index (χ4v) is 5.58. The van der Waals surface area contributed by atoms with Crippen LogP contribution in [0, 0.1) is 5.92 Å². The van der Waals surface area contributed by atoms with Gasteiger partial charge in [0.05, 0.1) is 0 Å². The zero-order valence-electron chi connectivity index (χ0n) is 17.5. The van der Waals surface area contributed by atoms with Gasteiger partial charge < -0.3 is 5.11 Å². The van der Waals surface area contributed by atoms with Crippen molar-refractivity contribution in [2.24, 2.45) is 5.92 Å². The van der Waals surface area contributed by atoms with E-state index in [9.17, 15) is 5.11 Å². The highest BCUT2D eigenvalue weighted by atomic mass is 32.1. The average Bonchev–Trinajstić information content (AvgIpc) is 3.54. The van der Waals surface area contributed by atoms with Crippen LogP contribution in [0.3, 0.4) is 0 Å². The number of rotatable bonds is 6. The van der Waals surface area contributed by atoms with Crippen molar-refractivity contribution >= 4 is 11.3 Å². The van der Waals surface area contributed by atoms with Gasteiger partial charge in [0.25, 0.3) is 0 Å². The first-order valence-electron chi connectivity index (χ1n) is 11.0. The molecule has 5 nitrogen and oxygen atoms in total. The minimum Gasteiger partial charge on any atom is -0.376 e. The number of hydrogen-bond donors (Lipinski definition) is 3. The Hall–Kier alpha value is -2.06. The van der Waals surface area contributed by atoms with Crippen molar-refractivity contribution in [3.63, 3.8) is 0 Å². The van der Waals surface area contributed by atoms with Crippen LogP contribution < -0.4 is 10.8 Å². The Balaban J connectivity index is 1.24. The number of aliphatic hydroxyl groups is 1. The minimum absolute atomic E-state index is 0.112. The van der Waals surface area contributed by atoms with Crippen molar-refractivity contribution < 1.29 is 9.94 Å². The van der Waals surface area contributed by atoms with Crippen LogP contribution in [0.1, 0.15) is 28.8 Å². The van der Waals surface area contributed by atoms with Crippen LogP contribution in [0.15, 0.2) is 78.2 Å². The largest absolute Gasteiger partial charge is 0.376 e. The standard InChI is InChI=1S/C25H29N3O2S/c29-25(22-12-7-17-31-22,21-10-5-2-6-11-21)24-26-23(30-27-24)20-13-15-28(16-14-20)18-19-8-3-1-4-9-19/h1-12,17,20,23-24,26-27,29H,13-16,18H2. The molecule has 1 aromatic heterocycles. The van der Waals surface area contributed by atoms with Crippen molar-refractivity contribution in [2.75, 3.05) is 13.1 Å². The third kappa shape index (κ3) is 4.32. The lowest BCUT2D eigenvalue weighted by atomic mass is 9.88. The van der Waals surface area contributed by atoms with Gasteiger partial charge in [-0.05, 0) is 48.5 Å². The normalized spacial score (nSPS) is 24.8. The van der Waals surface area contributed by atoms with Crippen molar-refractivity contribution in [1.29, 1.82) is 0 Å². The number of nitrogens with zero attached hydrogens (tertiary/aromatic N) is 1. The summed E-state index contributed by atoms with van der Waals surface area (Å²) in [4.78, 5) is 9.39. The maximum atomic E-state index is 11.9. The van der Waals surface area contributed by atoms with Crippen molar-refractivity contribution in [2.45, 2.75) is 37.4 Å². The molecule has 3 atom stereocenters. The summed E-state index contributed by atoms with van der Waals surface area (Å²) in [5.74, 6) is 0.410. The van der Waals surface area contributed by atoms with E-state index in [2.05, 4.69) is 46.0 Å². The number of piperidine rings is 1. The molecule has 3 unspecified atom stereocenters. The van der Waals surface area contributed by atoms with Gasteiger partial charge in [-0.25, -0.2) is 0 Å². The van der Waals surface area contributed by atoms with Gasteiger partial charge in [-0.3, -0.25) is 15.1 Å². The average molecular weight is 436 g/mol. The molecule has 2 aliphatic heterocycles. The van der Waals surface area contributed by atoms with Crippen LogP contribution in [-0.4, -0.2) is 35.5 Å². The molecular formula is C25H29N3O2S. The van der Waals surface area contributed by atoms with E-state index in [-0.39, 0.29) is 6.23 Å². The first kappa shape index (κ1) is 20.8. The Labute approximate surface area is 187 Å². The molecule has 31 heavy (non-hydrogen) atoms. The third-order valence-electron chi connectivity index (χ3n) is 6.48. The van der Waals surface area contributed by atoms with Gasteiger partial charge >= 0.3 is 0 Å². The molecule has 3 aromatic rings. The highest BCUT2D eigenvalue weighted by molar-refractivity contribution is 7.10. The van der Waals surface area contributed by atoms with E-state index in [1.807, 2.05) is 47.8 Å². The molecule has 2 saturated heterocycles. The third-order valence-corrected chi connectivity index (χ3v) is 7.48. The number of thiophene rings is 1. The SMILES string of the molecule is OC(c1ccccc1)(c1cccs1)C1NOC(C2CCN(Cc3ccccc3)CC2)N1. The van der Waals surface area contributed by atoms with Gasteiger partial charge in [0, 0.05) is 17.3 Å². The molecule has 0 spiro atoms. The second-order valence-electron chi connectivity index (χ2n) is 8.46. The summed E-state index contributed by atoms with van der Waals surface area (Å²) >= 11 is 1.56. The number of benzene rings is 2. The maximum absolute atomic E-state index is 11.9. The highest BCUT2D eigenvalue weighted by Gasteiger charge is 2.47. The fraction of sp³-hybridized carbons (Fsp3) is 0.360. The summed E-state index contributed by atoms with van der Waals surface area (Å²) in [6.07, 6.45) is 1.61. The maximum Gasteiger partial charge on any atom is 0.154 e. The summed E-state index contributed by atoms with van der Waals surface area (Å²) < 4.78 is 0. The predicted octanol–water partition coefficient (Wildman–Crippen LogP) is 3.67. The summed E-state index contributed by atoms with van der Waals surface area (Å²) in [6, 6.07) is 24.4. The Bertz CT molecular complexity index is 945. The molecule has 3 heterocycles. The van der Waals surface area contributed by atoms with Crippen molar-refractivity contribution in [1.82, 2.24) is 15.7 Å². The van der Waals surface area contributed by atoms with Gasteiger partial charge in [0.15, 0.2) is 5.60 Å². The van der Waals surface area contributed by atoms with Gasteiger partial charge in [-0.15, -0.1) is 11.3 Å². The van der Waals surface area contributed by atoms with Crippen LogP contribution in [0.2, 0.25) is 0 Å². The Kier molecular flexibility index (Phi) is 6.18. The zero-order chi connectivity index (χ0) is 21.1. The molecule has 0 bridgehead atoms. The molecule has 162 valence electrons. The van der Waals surface area contributed by atoms with E-state index in [0.29, 0.717) is 5.92 Å². The van der Waals surface area contributed by atoms with E-state index in [1.165, 1.54) is 5.56 Å². The van der Waals surface area contributed by atoms with E-state index in [0.717, 1.165) is 42.9 Å². The predicted molar refractivity (Wildman–Crippen MR) is 123 cm³/mol. The lowest BCUT2D eigenvalue weighted by molar-refractivity contribution is -0.0421. The second-order valence-corrected chi connectivity index (χ2v) is 9.41. The molecule has 0 amide bonds. The summed E-state index contributed by atoms with van der Waals surface area (Å²) in [6.45, 7) is 3.11. The zero-order valence-corrected chi connectivity index (χ0v) is 18.3. The van der Waals surface area contributed by atoms with Crippen LogP contribution >= 0.6 is 11.3 Å². The van der Waals surface area contributed by atoms with Gasteiger partial charge in [0.1, 0.15) is 12.4 Å². The topological polar surface area (TPSA) is 56.8 Å². The van der Waals surface area contributed by atoms with Crippen molar-refractivity contribution in [3.8, 4) is 0 Å². The van der Waals surface area contributed by atoms with Gasteiger partial charge in [-0.2, -0.15) is 5.48 Å². The fourth-order valence-electron chi connectivity index (χ4n) is 4.71. The number of hydroxylamine groups is 1. The van der Waals surface area contributed by atoms with E-state index < -0.39 is 11.8 Å². The van der Waals surface area contributed by atoms with Gasteiger partial charge in [-0.1, -0.05) is 66.7 Å². The van der Waals surface area contributed by atoms with E-state index >= 15 is 0 Å². The molecular weight excluding hydrogens is 406 g/mol. The quantitative estimate of drug-likeness (QED) is 0.552. The molecule has 6 heteroatoms. The molecule has 5 rings (SSSR count). The van der Waals surface area contributed by atoms with E-state index in [1.54, 1.807) is 11.3 Å². The van der Waals surface area contributed by atoms with E-state index in [4.69, 9.17) is 4.84 Å². The minimum atomic E-state index is -1.20. The molecule has 3 N–H and O–H groups in total. The summed E-state index contributed by atoms with van der Waals surface area (Å²) in [5, 5.41) is 17.4. The Morgan fingerprint density at radius 1 is 0.968 bits per heavy atom. The number of nitrogens with one attached hydrogen (secondary N) is 2. The first-order chi connectivity index (χ1) is 15.2. The lowest BCUT2D eigenvalue weighted by Gasteiger charge is -2.35. The molecule has 0 saturated carbocycles. The highest BCUT2D eigenvalue weighted by Crippen LogP contribution is 2.37. The molecule has 2 aliphatic rings. The second kappa shape index (κ2) is 9.20. The summed E-state index contributed by atoms with van der Waals surface area (Å²) in [5.41, 5.74) is 4.13. The monoisotopic (exact) mass is 435 g/mol. The molecule has 2 fully saturated rings. The Morgan fingerprint density at radius 3 is 2.35 bits per heavy atom. The van der Waals surface area contributed by atoms with Gasteiger partial charge in [0.2, 0.25) is 0 Å². The van der Waals surface area contributed by atoms with Crippen LogP contribution in [-0.2, 0) is 17.0 Å². The van der Waals surface area contributed by atoms with Crippen LogP contribution in [0.25, 0.3) is 0 Å². The van der Waals surface area contributed by atoms with Crippen LogP contribution in [0.4, 0.5) is 0 Å². The molecule has 0 radical (unpaired) electrons. The Morgan fingerprint density at radius 2 is 1.68 bits per heavy atom. The van der Waals surface area contributed by atoms with Crippen molar-refractivity contribution in [3.05, 3.63) is 94.2 Å². The number of hydrogen-bond acceptors (Lipinski definition) is 6.